The first-order chi connectivity index (χ1) is 7.57. The third kappa shape index (κ3) is 2.23. The summed E-state index contributed by atoms with van der Waals surface area (Å²) in [5, 5.41) is 4.97. The summed E-state index contributed by atoms with van der Waals surface area (Å²) in [5.74, 6) is 0. The Labute approximate surface area is 93.0 Å². The molecule has 82 valence electrons. The number of hydrogen-bond donors (Lipinski definition) is 1. The molecule has 0 aromatic carbocycles. The van der Waals surface area contributed by atoms with Crippen LogP contribution in [-0.2, 0) is 10.0 Å². The molecule has 0 amide bonds. The number of rotatable bonds is 2. The topological polar surface area (TPSA) is 85.9 Å². The summed E-state index contributed by atoms with van der Waals surface area (Å²) in [6, 6.07) is 6.62. The highest BCUT2D eigenvalue weighted by Gasteiger charge is 2.08. The van der Waals surface area contributed by atoms with Gasteiger partial charge in [0.1, 0.15) is 4.90 Å². The largest absolute Gasteiger partial charge is 0.265 e. The van der Waals surface area contributed by atoms with Gasteiger partial charge in [-0.15, -0.1) is 0 Å². The maximum absolute atomic E-state index is 11.0. The van der Waals surface area contributed by atoms with Gasteiger partial charge in [-0.05, 0) is 24.3 Å². The number of primary sulfonamides is 1. The highest BCUT2D eigenvalue weighted by Crippen LogP contribution is 2.16. The predicted octanol–water partition coefficient (Wildman–Crippen LogP) is 0.791. The van der Waals surface area contributed by atoms with Crippen LogP contribution in [0.1, 0.15) is 0 Å². The molecule has 16 heavy (non-hydrogen) atoms. The van der Waals surface area contributed by atoms with Crippen molar-refractivity contribution in [2.45, 2.75) is 4.90 Å². The van der Waals surface area contributed by atoms with E-state index in [9.17, 15) is 8.42 Å². The zero-order chi connectivity index (χ0) is 11.6. The number of nitrogens with zero attached hydrogens (tertiary/aromatic N) is 2. The highest BCUT2D eigenvalue weighted by molar-refractivity contribution is 7.89. The Kier molecular flexibility index (Phi) is 2.67. The van der Waals surface area contributed by atoms with E-state index in [-0.39, 0.29) is 4.90 Å². The number of sulfonamides is 1. The lowest BCUT2D eigenvalue weighted by molar-refractivity contribution is 0.597. The van der Waals surface area contributed by atoms with Crippen LogP contribution in [0.4, 0.5) is 0 Å². The molecule has 2 rings (SSSR count). The normalized spacial score (nSPS) is 11.3. The van der Waals surface area contributed by atoms with Crippen molar-refractivity contribution in [3.63, 3.8) is 0 Å². The van der Waals surface area contributed by atoms with Crippen LogP contribution in [-0.4, -0.2) is 18.4 Å². The van der Waals surface area contributed by atoms with Gasteiger partial charge in [-0.2, -0.15) is 0 Å². The van der Waals surface area contributed by atoms with Gasteiger partial charge in [0.25, 0.3) is 0 Å². The number of pyridine rings is 2. The predicted molar refractivity (Wildman–Crippen MR) is 58.8 cm³/mol. The molecule has 2 N–H and O–H groups in total. The first kappa shape index (κ1) is 10.7. The Morgan fingerprint density at radius 1 is 1.06 bits per heavy atom. The molecule has 2 aromatic heterocycles. The van der Waals surface area contributed by atoms with Gasteiger partial charge in [-0.25, -0.2) is 13.6 Å². The van der Waals surface area contributed by atoms with E-state index in [1.165, 1.54) is 12.3 Å². The van der Waals surface area contributed by atoms with Gasteiger partial charge in [0, 0.05) is 24.2 Å². The molecule has 2 aromatic rings. The molecule has 0 aliphatic rings. The summed E-state index contributed by atoms with van der Waals surface area (Å²) in [6.45, 7) is 0. The third-order valence-electron chi connectivity index (χ3n) is 2.04. The minimum atomic E-state index is -3.68. The smallest absolute Gasteiger partial charge is 0.239 e. The average molecular weight is 235 g/mol. The first-order valence-corrected chi connectivity index (χ1v) is 6.01. The second-order valence-corrected chi connectivity index (χ2v) is 4.72. The van der Waals surface area contributed by atoms with Crippen molar-refractivity contribution in [2.24, 2.45) is 5.14 Å². The minimum absolute atomic E-state index is 0.00491. The van der Waals surface area contributed by atoms with Gasteiger partial charge < -0.3 is 0 Å². The molecule has 0 saturated heterocycles. The summed E-state index contributed by atoms with van der Waals surface area (Å²) in [7, 11) is -3.68. The molecule has 0 saturated carbocycles. The number of aromatic nitrogens is 2. The molecule has 0 fully saturated rings. The summed E-state index contributed by atoms with van der Waals surface area (Å²) in [5.41, 5.74) is 1.55. The molecule has 5 nitrogen and oxygen atoms in total. The second-order valence-electron chi connectivity index (χ2n) is 3.16. The average Bonchev–Trinajstić information content (AvgIpc) is 2.29. The molecule has 0 spiro atoms. The molecule has 0 bridgehead atoms. The quantitative estimate of drug-likeness (QED) is 0.833. The van der Waals surface area contributed by atoms with E-state index in [4.69, 9.17) is 5.14 Å². The molecule has 2 heterocycles. The van der Waals surface area contributed by atoms with Gasteiger partial charge in [-0.1, -0.05) is 0 Å². The monoisotopic (exact) mass is 235 g/mol. The fourth-order valence-electron chi connectivity index (χ4n) is 1.24. The Hall–Kier alpha value is -1.79. The van der Waals surface area contributed by atoms with Gasteiger partial charge in [0.2, 0.25) is 10.0 Å². The van der Waals surface area contributed by atoms with Crippen molar-refractivity contribution >= 4 is 10.0 Å². The Bertz CT molecular complexity index is 579. The second kappa shape index (κ2) is 3.99. The lowest BCUT2D eigenvalue weighted by atomic mass is 10.2. The standard InChI is InChI=1S/C10H9N3O2S/c11-16(14,15)9-1-2-10(13-7-9)8-3-5-12-6-4-8/h1-7H,(H2,11,14,15). The fourth-order valence-corrected chi connectivity index (χ4v) is 1.70. The van der Waals surface area contributed by atoms with Crippen LogP contribution in [0.3, 0.4) is 0 Å². The lowest BCUT2D eigenvalue weighted by Gasteiger charge is -2.01. The molecular weight excluding hydrogens is 226 g/mol. The van der Waals surface area contributed by atoms with Crippen LogP contribution in [0.5, 0.6) is 0 Å². The number of nitrogens with two attached hydrogens (primary N) is 1. The molecular formula is C10H9N3O2S. The SMILES string of the molecule is NS(=O)(=O)c1ccc(-c2ccncc2)nc1. The number of hydrogen-bond acceptors (Lipinski definition) is 4. The van der Waals surface area contributed by atoms with Crippen molar-refractivity contribution in [3.8, 4) is 11.3 Å². The first-order valence-electron chi connectivity index (χ1n) is 4.46. The van der Waals surface area contributed by atoms with Crippen LogP contribution < -0.4 is 5.14 Å². The van der Waals surface area contributed by atoms with Crippen LogP contribution in [0.2, 0.25) is 0 Å². The van der Waals surface area contributed by atoms with Gasteiger partial charge >= 0.3 is 0 Å². The molecule has 0 atom stereocenters. The van der Waals surface area contributed by atoms with E-state index in [1.54, 1.807) is 30.6 Å². The Morgan fingerprint density at radius 2 is 1.75 bits per heavy atom. The fraction of sp³-hybridized carbons (Fsp3) is 0. The summed E-state index contributed by atoms with van der Waals surface area (Å²) >= 11 is 0. The van der Waals surface area contributed by atoms with E-state index < -0.39 is 10.0 Å². The van der Waals surface area contributed by atoms with Crippen molar-refractivity contribution in [1.82, 2.24) is 9.97 Å². The van der Waals surface area contributed by atoms with Crippen LogP contribution in [0.25, 0.3) is 11.3 Å². The Balaban J connectivity index is 2.41. The lowest BCUT2D eigenvalue weighted by Crippen LogP contribution is -2.12. The molecule has 0 aliphatic carbocycles. The third-order valence-corrected chi connectivity index (χ3v) is 2.94. The van der Waals surface area contributed by atoms with Crippen molar-refractivity contribution in [2.75, 3.05) is 0 Å². The van der Waals surface area contributed by atoms with Crippen LogP contribution in [0, 0.1) is 0 Å². The molecule has 0 aliphatic heterocycles. The van der Waals surface area contributed by atoms with E-state index in [0.29, 0.717) is 5.69 Å². The van der Waals surface area contributed by atoms with Gasteiger partial charge in [0.05, 0.1) is 5.69 Å². The van der Waals surface area contributed by atoms with Crippen molar-refractivity contribution in [3.05, 3.63) is 42.9 Å². The van der Waals surface area contributed by atoms with E-state index in [0.717, 1.165) is 5.56 Å². The minimum Gasteiger partial charge on any atom is -0.265 e. The zero-order valence-corrected chi connectivity index (χ0v) is 9.05. The van der Waals surface area contributed by atoms with E-state index in [2.05, 4.69) is 9.97 Å². The van der Waals surface area contributed by atoms with Crippen molar-refractivity contribution < 1.29 is 8.42 Å². The summed E-state index contributed by atoms with van der Waals surface area (Å²) < 4.78 is 22.0. The highest BCUT2D eigenvalue weighted by atomic mass is 32.2. The van der Waals surface area contributed by atoms with Gasteiger partial charge in [-0.3, -0.25) is 9.97 Å². The van der Waals surface area contributed by atoms with Crippen molar-refractivity contribution in [1.29, 1.82) is 0 Å². The van der Waals surface area contributed by atoms with E-state index in [1.807, 2.05) is 0 Å². The molecule has 0 unspecified atom stereocenters. The summed E-state index contributed by atoms with van der Waals surface area (Å²) in [4.78, 5) is 7.92. The molecule has 0 radical (unpaired) electrons. The summed E-state index contributed by atoms with van der Waals surface area (Å²) in [6.07, 6.45) is 4.53. The van der Waals surface area contributed by atoms with E-state index >= 15 is 0 Å². The van der Waals surface area contributed by atoms with Crippen LogP contribution >= 0.6 is 0 Å². The van der Waals surface area contributed by atoms with Gasteiger partial charge in [0.15, 0.2) is 0 Å². The Morgan fingerprint density at radius 3 is 2.25 bits per heavy atom. The van der Waals surface area contributed by atoms with Crippen LogP contribution in [0.15, 0.2) is 47.8 Å². The molecule has 6 heteroatoms. The maximum atomic E-state index is 11.0. The maximum Gasteiger partial charge on any atom is 0.239 e. The zero-order valence-electron chi connectivity index (χ0n) is 8.24.